The molecule has 2 fully saturated rings. The molecule has 2 aliphatic rings. The van der Waals surface area contributed by atoms with Crippen LogP contribution in [0.1, 0.15) is 38.2 Å². The summed E-state index contributed by atoms with van der Waals surface area (Å²) in [4.78, 5) is 6.72. The lowest BCUT2D eigenvalue weighted by Crippen LogP contribution is -2.42. The van der Waals surface area contributed by atoms with Gasteiger partial charge in [0.1, 0.15) is 5.82 Å². The number of rotatable bonds is 2. The van der Waals surface area contributed by atoms with Crippen molar-refractivity contribution in [2.45, 2.75) is 38.6 Å². The first kappa shape index (κ1) is 14.4. The molecule has 0 amide bonds. The van der Waals surface area contributed by atoms with E-state index in [1.807, 2.05) is 19.2 Å². The number of nitrogens with zero attached hydrogens (tertiary/aromatic N) is 2. The number of halogens is 1. The van der Waals surface area contributed by atoms with Crippen LogP contribution in [0.5, 0.6) is 0 Å². The average molecular weight is 289 g/mol. The molecule has 3 nitrogen and oxygen atoms in total. The van der Waals surface area contributed by atoms with E-state index in [0.717, 1.165) is 31.0 Å². The van der Waals surface area contributed by atoms with Crippen LogP contribution in [0.15, 0.2) is 29.3 Å². The van der Waals surface area contributed by atoms with Gasteiger partial charge in [0, 0.05) is 32.1 Å². The molecule has 0 bridgehead atoms. The van der Waals surface area contributed by atoms with Gasteiger partial charge in [-0.3, -0.25) is 4.99 Å². The number of hydrogen-bond donors (Lipinski definition) is 1. The molecule has 21 heavy (non-hydrogen) atoms. The highest BCUT2D eigenvalue weighted by molar-refractivity contribution is 5.81. The molecule has 1 saturated carbocycles. The Morgan fingerprint density at radius 2 is 2.14 bits per heavy atom. The van der Waals surface area contributed by atoms with Gasteiger partial charge < -0.3 is 10.2 Å². The third-order valence-corrected chi connectivity index (χ3v) is 4.60. The zero-order valence-corrected chi connectivity index (χ0v) is 13.1. The SMILES string of the molecule is CN=C(NC1CC1c1ccccc1F)N1CCC(C)(C)C1. The summed E-state index contributed by atoms with van der Waals surface area (Å²) in [5.41, 5.74) is 1.18. The van der Waals surface area contributed by atoms with Crippen molar-refractivity contribution in [3.05, 3.63) is 35.6 Å². The van der Waals surface area contributed by atoms with Gasteiger partial charge in [0.15, 0.2) is 5.96 Å². The van der Waals surface area contributed by atoms with Gasteiger partial charge in [0.2, 0.25) is 0 Å². The fourth-order valence-electron chi connectivity index (χ4n) is 3.23. The third-order valence-electron chi connectivity index (χ3n) is 4.60. The molecular formula is C17H24FN3. The second-order valence-electron chi connectivity index (χ2n) is 7.00. The smallest absolute Gasteiger partial charge is 0.193 e. The van der Waals surface area contributed by atoms with Crippen LogP contribution in [-0.2, 0) is 0 Å². The van der Waals surface area contributed by atoms with Crippen molar-refractivity contribution in [2.24, 2.45) is 10.4 Å². The quantitative estimate of drug-likeness (QED) is 0.669. The monoisotopic (exact) mass is 289 g/mol. The predicted molar refractivity (Wildman–Crippen MR) is 84.0 cm³/mol. The first-order valence-corrected chi connectivity index (χ1v) is 7.73. The molecule has 1 heterocycles. The van der Waals surface area contributed by atoms with Crippen molar-refractivity contribution < 1.29 is 4.39 Å². The van der Waals surface area contributed by atoms with Gasteiger partial charge in [0.25, 0.3) is 0 Å². The van der Waals surface area contributed by atoms with Crippen LogP contribution >= 0.6 is 0 Å². The largest absolute Gasteiger partial charge is 0.353 e. The topological polar surface area (TPSA) is 27.6 Å². The number of nitrogens with one attached hydrogen (secondary N) is 1. The minimum Gasteiger partial charge on any atom is -0.353 e. The molecule has 0 spiro atoms. The van der Waals surface area contributed by atoms with E-state index in [4.69, 9.17) is 0 Å². The molecule has 1 aliphatic heterocycles. The zero-order chi connectivity index (χ0) is 15.0. The molecule has 2 atom stereocenters. The van der Waals surface area contributed by atoms with Crippen molar-refractivity contribution in [2.75, 3.05) is 20.1 Å². The lowest BCUT2D eigenvalue weighted by molar-refractivity contribution is 0.370. The maximum atomic E-state index is 13.8. The summed E-state index contributed by atoms with van der Waals surface area (Å²) in [6.07, 6.45) is 2.17. The van der Waals surface area contributed by atoms with E-state index < -0.39 is 0 Å². The Labute approximate surface area is 126 Å². The summed E-state index contributed by atoms with van der Waals surface area (Å²) in [5, 5.41) is 3.51. The number of benzene rings is 1. The lowest BCUT2D eigenvalue weighted by atomic mass is 9.93. The second-order valence-corrected chi connectivity index (χ2v) is 7.00. The Hall–Kier alpha value is -1.58. The predicted octanol–water partition coefficient (Wildman–Crippen LogP) is 2.99. The van der Waals surface area contributed by atoms with Crippen LogP contribution in [0.4, 0.5) is 4.39 Å². The second kappa shape index (κ2) is 5.32. The third kappa shape index (κ3) is 3.04. The molecule has 114 valence electrons. The molecule has 3 rings (SSSR count). The summed E-state index contributed by atoms with van der Waals surface area (Å²) < 4.78 is 13.8. The van der Waals surface area contributed by atoms with Gasteiger partial charge in [-0.25, -0.2) is 4.39 Å². The van der Waals surface area contributed by atoms with E-state index in [1.54, 1.807) is 12.1 Å². The molecule has 1 N–H and O–H groups in total. The van der Waals surface area contributed by atoms with Crippen LogP contribution in [-0.4, -0.2) is 37.0 Å². The summed E-state index contributed by atoms with van der Waals surface area (Å²) in [6.45, 7) is 6.66. The summed E-state index contributed by atoms with van der Waals surface area (Å²) in [5.74, 6) is 1.15. The van der Waals surface area contributed by atoms with Gasteiger partial charge in [0.05, 0.1) is 0 Å². The van der Waals surface area contributed by atoms with Crippen molar-refractivity contribution in [3.8, 4) is 0 Å². The Balaban J connectivity index is 1.62. The zero-order valence-electron chi connectivity index (χ0n) is 13.1. The van der Waals surface area contributed by atoms with Crippen LogP contribution in [0, 0.1) is 11.2 Å². The van der Waals surface area contributed by atoms with Crippen molar-refractivity contribution >= 4 is 5.96 Å². The Kier molecular flexibility index (Phi) is 3.64. The number of likely N-dealkylation sites (tertiary alicyclic amines) is 1. The van der Waals surface area contributed by atoms with Gasteiger partial charge in [-0.2, -0.15) is 0 Å². The minimum atomic E-state index is -0.0934. The highest BCUT2D eigenvalue weighted by atomic mass is 19.1. The molecule has 4 heteroatoms. The number of hydrogen-bond acceptors (Lipinski definition) is 1. The normalized spacial score (nSPS) is 27.8. The van der Waals surface area contributed by atoms with Gasteiger partial charge >= 0.3 is 0 Å². The van der Waals surface area contributed by atoms with Crippen molar-refractivity contribution in [1.29, 1.82) is 0 Å². The standard InChI is InChI=1S/C17H24FN3/c1-17(2)8-9-21(11-17)16(19-3)20-15-10-13(15)12-6-4-5-7-14(12)18/h4-7,13,15H,8-11H2,1-3H3,(H,19,20). The Bertz CT molecular complexity index is 553. The number of aliphatic imine (C=N–C) groups is 1. The van der Waals surface area contributed by atoms with E-state index in [2.05, 4.69) is 29.1 Å². The summed E-state index contributed by atoms with van der Waals surface area (Å²) >= 11 is 0. The minimum absolute atomic E-state index is 0.0934. The Morgan fingerprint density at radius 3 is 2.76 bits per heavy atom. The van der Waals surface area contributed by atoms with Crippen LogP contribution in [0.25, 0.3) is 0 Å². The van der Waals surface area contributed by atoms with E-state index in [0.29, 0.717) is 11.5 Å². The molecular weight excluding hydrogens is 265 g/mol. The highest BCUT2D eigenvalue weighted by Crippen LogP contribution is 2.42. The van der Waals surface area contributed by atoms with E-state index in [9.17, 15) is 4.39 Å². The van der Waals surface area contributed by atoms with E-state index >= 15 is 0 Å². The molecule has 0 aromatic heterocycles. The summed E-state index contributed by atoms with van der Waals surface area (Å²) in [7, 11) is 1.83. The van der Waals surface area contributed by atoms with Crippen LogP contribution in [0.3, 0.4) is 0 Å². The maximum Gasteiger partial charge on any atom is 0.193 e. The van der Waals surface area contributed by atoms with Gasteiger partial charge in [-0.1, -0.05) is 32.0 Å². The van der Waals surface area contributed by atoms with Crippen LogP contribution in [0.2, 0.25) is 0 Å². The summed E-state index contributed by atoms with van der Waals surface area (Å²) in [6, 6.07) is 7.40. The van der Waals surface area contributed by atoms with E-state index in [1.165, 1.54) is 6.42 Å². The molecule has 1 saturated heterocycles. The van der Waals surface area contributed by atoms with Crippen LogP contribution < -0.4 is 5.32 Å². The first-order valence-electron chi connectivity index (χ1n) is 7.73. The Morgan fingerprint density at radius 1 is 1.38 bits per heavy atom. The molecule has 1 aromatic rings. The maximum absolute atomic E-state index is 13.8. The average Bonchev–Trinajstić information content (AvgIpc) is 3.11. The molecule has 1 aliphatic carbocycles. The van der Waals surface area contributed by atoms with Gasteiger partial charge in [-0.05, 0) is 29.9 Å². The van der Waals surface area contributed by atoms with E-state index in [-0.39, 0.29) is 11.7 Å². The lowest BCUT2D eigenvalue weighted by Gasteiger charge is -2.23. The van der Waals surface area contributed by atoms with Crippen molar-refractivity contribution in [1.82, 2.24) is 10.2 Å². The number of guanidine groups is 1. The fraction of sp³-hybridized carbons (Fsp3) is 0.588. The van der Waals surface area contributed by atoms with Crippen molar-refractivity contribution in [3.63, 3.8) is 0 Å². The molecule has 0 radical (unpaired) electrons. The highest BCUT2D eigenvalue weighted by Gasteiger charge is 2.42. The fourth-order valence-corrected chi connectivity index (χ4v) is 3.23. The first-order chi connectivity index (χ1) is 10.00. The van der Waals surface area contributed by atoms with Gasteiger partial charge in [-0.15, -0.1) is 0 Å². The molecule has 2 unspecified atom stereocenters. The molecule has 1 aromatic carbocycles.